The van der Waals surface area contributed by atoms with E-state index in [0.717, 1.165) is 37.3 Å². The summed E-state index contributed by atoms with van der Waals surface area (Å²) < 4.78 is 0. The molecule has 1 aromatic carbocycles. The molecule has 3 heteroatoms. The Morgan fingerprint density at radius 1 is 1.40 bits per heavy atom. The second-order valence-corrected chi connectivity index (χ2v) is 4.34. The van der Waals surface area contributed by atoms with Gasteiger partial charge in [0.2, 0.25) is 0 Å². The molecule has 82 valence electrons. The first-order valence-electron chi connectivity index (χ1n) is 5.45. The molecule has 1 aromatic rings. The summed E-state index contributed by atoms with van der Waals surface area (Å²) >= 11 is 0. The molecule has 1 aliphatic heterocycles. The molecule has 0 aliphatic carbocycles. The van der Waals surface area contributed by atoms with Gasteiger partial charge < -0.3 is 15.7 Å². The van der Waals surface area contributed by atoms with Crippen LogP contribution in [0.15, 0.2) is 18.2 Å². The highest BCUT2D eigenvalue weighted by molar-refractivity contribution is 5.58. The van der Waals surface area contributed by atoms with Crippen LogP contribution < -0.4 is 10.6 Å². The number of benzene rings is 1. The van der Waals surface area contributed by atoms with Crippen molar-refractivity contribution in [3.8, 4) is 0 Å². The fraction of sp³-hybridized carbons (Fsp3) is 0.500. The highest BCUT2D eigenvalue weighted by atomic mass is 16.3. The van der Waals surface area contributed by atoms with E-state index >= 15 is 0 Å². The Morgan fingerprint density at radius 3 is 2.87 bits per heavy atom. The van der Waals surface area contributed by atoms with Gasteiger partial charge in [0.1, 0.15) is 0 Å². The van der Waals surface area contributed by atoms with Gasteiger partial charge in [-0.05, 0) is 43.5 Å². The van der Waals surface area contributed by atoms with Gasteiger partial charge in [-0.25, -0.2) is 0 Å². The number of hydrogen-bond donors (Lipinski definition) is 2. The van der Waals surface area contributed by atoms with E-state index < -0.39 is 0 Å². The van der Waals surface area contributed by atoms with Crippen LogP contribution in [0.3, 0.4) is 0 Å². The van der Waals surface area contributed by atoms with E-state index in [1.54, 1.807) is 0 Å². The molecule has 0 spiro atoms. The zero-order valence-electron chi connectivity index (χ0n) is 9.11. The number of β-amino-alcohol motifs (C(OH)–C–C–N with tert-alkyl or cyclic N) is 1. The number of nitrogens with zero attached hydrogens (tertiary/aromatic N) is 1. The van der Waals surface area contributed by atoms with E-state index in [4.69, 9.17) is 5.73 Å². The zero-order chi connectivity index (χ0) is 10.8. The molecular weight excluding hydrogens is 188 g/mol. The van der Waals surface area contributed by atoms with Gasteiger partial charge in [0.15, 0.2) is 0 Å². The van der Waals surface area contributed by atoms with Crippen LogP contribution in [0.1, 0.15) is 18.4 Å². The molecule has 0 amide bonds. The Hall–Kier alpha value is -1.22. The van der Waals surface area contributed by atoms with Crippen LogP contribution in [0.25, 0.3) is 0 Å². The molecule has 0 saturated carbocycles. The maximum Gasteiger partial charge on any atom is 0.0715 e. The van der Waals surface area contributed by atoms with Gasteiger partial charge in [-0.3, -0.25) is 0 Å². The quantitative estimate of drug-likeness (QED) is 0.685. The van der Waals surface area contributed by atoms with Crippen molar-refractivity contribution in [3.63, 3.8) is 0 Å². The lowest BCUT2D eigenvalue weighted by Crippen LogP contribution is -2.38. The standard InChI is InChI=1S/C12H18N2O/c1-9-5-10(13)7-11(6-9)14-4-2-3-12(15)8-14/h5-7,12,15H,2-4,8,13H2,1H3. The highest BCUT2D eigenvalue weighted by Gasteiger charge is 2.18. The molecule has 15 heavy (non-hydrogen) atoms. The predicted molar refractivity (Wildman–Crippen MR) is 63.0 cm³/mol. The molecule has 2 rings (SSSR count). The van der Waals surface area contributed by atoms with Gasteiger partial charge in [-0.15, -0.1) is 0 Å². The summed E-state index contributed by atoms with van der Waals surface area (Å²) in [6, 6.07) is 6.06. The Morgan fingerprint density at radius 2 is 2.20 bits per heavy atom. The molecule has 3 nitrogen and oxygen atoms in total. The Balaban J connectivity index is 2.20. The first-order valence-corrected chi connectivity index (χ1v) is 5.45. The third-order valence-electron chi connectivity index (χ3n) is 2.85. The summed E-state index contributed by atoms with van der Waals surface area (Å²) in [6.45, 7) is 3.78. The van der Waals surface area contributed by atoms with Crippen molar-refractivity contribution in [2.45, 2.75) is 25.9 Å². The monoisotopic (exact) mass is 206 g/mol. The van der Waals surface area contributed by atoms with Crippen molar-refractivity contribution in [3.05, 3.63) is 23.8 Å². The first-order chi connectivity index (χ1) is 7.15. The summed E-state index contributed by atoms with van der Waals surface area (Å²) in [5.74, 6) is 0. The maximum atomic E-state index is 9.61. The average Bonchev–Trinajstić information content (AvgIpc) is 2.16. The van der Waals surface area contributed by atoms with Crippen LogP contribution in [0, 0.1) is 6.92 Å². The largest absolute Gasteiger partial charge is 0.399 e. The van der Waals surface area contributed by atoms with E-state index in [-0.39, 0.29) is 6.10 Å². The average molecular weight is 206 g/mol. The second kappa shape index (κ2) is 4.11. The minimum Gasteiger partial charge on any atom is -0.399 e. The number of aliphatic hydroxyl groups excluding tert-OH is 1. The predicted octanol–water partition coefficient (Wildman–Crippen LogP) is 1.54. The number of nitrogen functional groups attached to an aromatic ring is 1. The summed E-state index contributed by atoms with van der Waals surface area (Å²) in [5, 5.41) is 9.61. The van der Waals surface area contributed by atoms with Crippen LogP contribution in [0.4, 0.5) is 11.4 Å². The van der Waals surface area contributed by atoms with Crippen molar-refractivity contribution in [1.82, 2.24) is 0 Å². The number of anilines is 2. The maximum absolute atomic E-state index is 9.61. The van der Waals surface area contributed by atoms with Crippen molar-refractivity contribution < 1.29 is 5.11 Å². The third-order valence-corrected chi connectivity index (χ3v) is 2.85. The van der Waals surface area contributed by atoms with E-state index in [1.165, 1.54) is 5.56 Å². The van der Waals surface area contributed by atoms with Gasteiger partial charge in [-0.1, -0.05) is 0 Å². The number of aliphatic hydroxyl groups is 1. The Labute approximate surface area is 90.5 Å². The Bertz CT molecular complexity index is 331. The van der Waals surface area contributed by atoms with Crippen molar-refractivity contribution >= 4 is 11.4 Å². The zero-order valence-corrected chi connectivity index (χ0v) is 9.11. The smallest absolute Gasteiger partial charge is 0.0715 e. The number of aryl methyl sites for hydroxylation is 1. The molecular formula is C12H18N2O. The summed E-state index contributed by atoms with van der Waals surface area (Å²) in [5.41, 5.74) is 8.91. The number of nitrogens with two attached hydrogens (primary N) is 1. The lowest BCUT2D eigenvalue weighted by atomic mass is 10.1. The van der Waals surface area contributed by atoms with Crippen LogP contribution in [-0.4, -0.2) is 24.3 Å². The van der Waals surface area contributed by atoms with Crippen molar-refractivity contribution in [2.75, 3.05) is 23.7 Å². The lowest BCUT2D eigenvalue weighted by Gasteiger charge is -2.32. The van der Waals surface area contributed by atoms with Crippen LogP contribution in [0.5, 0.6) is 0 Å². The van der Waals surface area contributed by atoms with E-state index in [1.807, 2.05) is 19.1 Å². The second-order valence-electron chi connectivity index (χ2n) is 4.34. The minimum atomic E-state index is -0.194. The van der Waals surface area contributed by atoms with Crippen LogP contribution in [-0.2, 0) is 0 Å². The SMILES string of the molecule is Cc1cc(N)cc(N2CCCC(O)C2)c1. The summed E-state index contributed by atoms with van der Waals surface area (Å²) in [4.78, 5) is 2.21. The fourth-order valence-corrected chi connectivity index (χ4v) is 2.16. The lowest BCUT2D eigenvalue weighted by molar-refractivity contribution is 0.154. The molecule has 0 radical (unpaired) electrons. The minimum absolute atomic E-state index is 0.194. The van der Waals surface area contributed by atoms with Crippen LogP contribution in [0.2, 0.25) is 0 Å². The topological polar surface area (TPSA) is 49.5 Å². The van der Waals surface area contributed by atoms with E-state index in [2.05, 4.69) is 11.0 Å². The third kappa shape index (κ3) is 2.42. The van der Waals surface area contributed by atoms with Gasteiger partial charge in [-0.2, -0.15) is 0 Å². The molecule has 1 fully saturated rings. The number of rotatable bonds is 1. The van der Waals surface area contributed by atoms with E-state index in [9.17, 15) is 5.11 Å². The Kier molecular flexibility index (Phi) is 2.82. The molecule has 0 aromatic heterocycles. The molecule has 1 atom stereocenters. The molecule has 3 N–H and O–H groups in total. The van der Waals surface area contributed by atoms with Crippen molar-refractivity contribution in [1.29, 1.82) is 0 Å². The molecule has 1 heterocycles. The fourth-order valence-electron chi connectivity index (χ4n) is 2.16. The molecule has 1 unspecified atom stereocenters. The van der Waals surface area contributed by atoms with Crippen molar-refractivity contribution in [2.24, 2.45) is 0 Å². The number of hydrogen-bond acceptors (Lipinski definition) is 3. The van der Waals surface area contributed by atoms with Gasteiger partial charge in [0.25, 0.3) is 0 Å². The van der Waals surface area contributed by atoms with Gasteiger partial charge in [0.05, 0.1) is 6.10 Å². The summed E-state index contributed by atoms with van der Waals surface area (Å²) in [7, 11) is 0. The van der Waals surface area contributed by atoms with Crippen LogP contribution >= 0.6 is 0 Å². The first kappa shape index (κ1) is 10.3. The molecule has 0 bridgehead atoms. The highest BCUT2D eigenvalue weighted by Crippen LogP contribution is 2.23. The van der Waals surface area contributed by atoms with Gasteiger partial charge in [0, 0.05) is 24.5 Å². The normalized spacial score (nSPS) is 21.7. The summed E-state index contributed by atoms with van der Waals surface area (Å²) in [6.07, 6.45) is 1.77. The molecule has 1 saturated heterocycles. The van der Waals surface area contributed by atoms with Gasteiger partial charge >= 0.3 is 0 Å². The van der Waals surface area contributed by atoms with E-state index in [0.29, 0.717) is 0 Å². The molecule has 1 aliphatic rings. The number of piperidine rings is 1.